The normalized spacial score (nSPS) is 20.9. The monoisotopic (exact) mass is 269 g/mol. The molecule has 0 fully saturated rings. The molecule has 1 amide bonds. The number of hydrogen-bond donors (Lipinski definition) is 2. The largest absolute Gasteiger partial charge is 0.481 e. The molecular formula is C11H11NO5S. The van der Waals surface area contributed by atoms with Crippen molar-refractivity contribution in [3.05, 3.63) is 23.8 Å². The van der Waals surface area contributed by atoms with Crippen molar-refractivity contribution in [2.75, 3.05) is 5.32 Å². The summed E-state index contributed by atoms with van der Waals surface area (Å²) in [6, 6.07) is 4.53. The Balaban J connectivity index is 2.57. The molecule has 18 heavy (non-hydrogen) atoms. The molecule has 7 heteroatoms. The first-order valence-electron chi connectivity index (χ1n) is 5.19. The van der Waals surface area contributed by atoms with Gasteiger partial charge < -0.3 is 10.4 Å². The molecule has 0 saturated heterocycles. The number of nitrogens with one attached hydrogen (secondary N) is 1. The van der Waals surface area contributed by atoms with Gasteiger partial charge in [0.2, 0.25) is 5.91 Å². The Morgan fingerprint density at radius 3 is 2.72 bits per heavy atom. The van der Waals surface area contributed by atoms with Crippen molar-refractivity contribution in [2.45, 2.75) is 23.5 Å². The van der Waals surface area contributed by atoms with E-state index in [1.807, 2.05) is 0 Å². The van der Waals surface area contributed by atoms with Gasteiger partial charge in [0.1, 0.15) is 0 Å². The topological polar surface area (TPSA) is 101 Å². The van der Waals surface area contributed by atoms with E-state index in [0.29, 0.717) is 0 Å². The summed E-state index contributed by atoms with van der Waals surface area (Å²) in [5.41, 5.74) is 1.02. The molecule has 0 spiro atoms. The Kier molecular flexibility index (Phi) is 2.86. The number of amides is 1. The number of anilines is 1. The quantitative estimate of drug-likeness (QED) is 0.817. The summed E-state index contributed by atoms with van der Waals surface area (Å²) in [5, 5.41) is 9.53. The van der Waals surface area contributed by atoms with Gasteiger partial charge in [-0.25, -0.2) is 8.42 Å². The third kappa shape index (κ3) is 1.97. The van der Waals surface area contributed by atoms with E-state index in [1.54, 1.807) is 19.1 Å². The lowest BCUT2D eigenvalue weighted by atomic mass is 10.2. The van der Waals surface area contributed by atoms with E-state index in [0.717, 1.165) is 5.56 Å². The van der Waals surface area contributed by atoms with Crippen LogP contribution in [0.4, 0.5) is 5.69 Å². The molecule has 6 nitrogen and oxygen atoms in total. The second-order valence-corrected chi connectivity index (χ2v) is 6.22. The number of carbonyl (C=O) groups is 2. The van der Waals surface area contributed by atoms with Crippen molar-refractivity contribution >= 4 is 27.4 Å². The van der Waals surface area contributed by atoms with Gasteiger partial charge in [0.15, 0.2) is 15.1 Å². The number of aliphatic carboxylic acids is 1. The molecule has 2 N–H and O–H groups in total. The standard InChI is InChI=1S/C11H11NO5S/c1-6-2-3-8-7(4-6)12-11(15)9(5-10(13)14)18(8,16)17/h2-4,9H,5H2,1H3,(H,12,15)(H,13,14). The van der Waals surface area contributed by atoms with E-state index in [9.17, 15) is 18.0 Å². The van der Waals surface area contributed by atoms with Crippen molar-refractivity contribution in [2.24, 2.45) is 0 Å². The van der Waals surface area contributed by atoms with Crippen LogP contribution < -0.4 is 5.32 Å². The summed E-state index contributed by atoms with van der Waals surface area (Å²) in [5.74, 6) is -2.12. The minimum atomic E-state index is -3.94. The summed E-state index contributed by atoms with van der Waals surface area (Å²) >= 11 is 0. The van der Waals surface area contributed by atoms with Crippen LogP contribution in [0.1, 0.15) is 12.0 Å². The van der Waals surface area contributed by atoms with Crippen LogP contribution in [0.2, 0.25) is 0 Å². The summed E-state index contributed by atoms with van der Waals surface area (Å²) < 4.78 is 24.3. The summed E-state index contributed by atoms with van der Waals surface area (Å²) in [6.07, 6.45) is -0.735. The maximum Gasteiger partial charge on any atom is 0.305 e. The molecular weight excluding hydrogens is 258 g/mol. The van der Waals surface area contributed by atoms with Crippen LogP contribution in [0.5, 0.6) is 0 Å². The molecule has 0 saturated carbocycles. The second kappa shape index (κ2) is 4.09. The van der Waals surface area contributed by atoms with E-state index >= 15 is 0 Å². The van der Waals surface area contributed by atoms with Gasteiger partial charge in [-0.3, -0.25) is 9.59 Å². The third-order valence-corrected chi connectivity index (χ3v) is 4.83. The molecule has 96 valence electrons. The fourth-order valence-electron chi connectivity index (χ4n) is 1.86. The van der Waals surface area contributed by atoms with Crippen molar-refractivity contribution < 1.29 is 23.1 Å². The third-order valence-electron chi connectivity index (χ3n) is 2.73. The average Bonchev–Trinajstić information content (AvgIpc) is 2.23. The zero-order chi connectivity index (χ0) is 13.5. The first-order valence-corrected chi connectivity index (χ1v) is 6.74. The van der Waals surface area contributed by atoms with Gasteiger partial charge in [-0.1, -0.05) is 6.07 Å². The Hall–Kier alpha value is -1.89. The van der Waals surface area contributed by atoms with Gasteiger partial charge in [0.25, 0.3) is 0 Å². The molecule has 1 aliphatic rings. The lowest BCUT2D eigenvalue weighted by molar-refractivity contribution is -0.138. The van der Waals surface area contributed by atoms with Crippen molar-refractivity contribution in [3.8, 4) is 0 Å². The number of carboxylic acids is 1. The lowest BCUT2D eigenvalue weighted by Gasteiger charge is -2.24. The van der Waals surface area contributed by atoms with Gasteiger partial charge >= 0.3 is 5.97 Å². The highest BCUT2D eigenvalue weighted by Crippen LogP contribution is 2.32. The highest BCUT2D eigenvalue weighted by molar-refractivity contribution is 7.93. The Morgan fingerprint density at radius 1 is 1.44 bits per heavy atom. The number of fused-ring (bicyclic) bond motifs is 1. The lowest BCUT2D eigenvalue weighted by Crippen LogP contribution is -2.41. The van der Waals surface area contributed by atoms with Crippen LogP contribution in [0.15, 0.2) is 23.1 Å². The van der Waals surface area contributed by atoms with Crippen LogP contribution in [0.25, 0.3) is 0 Å². The first kappa shape index (κ1) is 12.6. The zero-order valence-corrected chi connectivity index (χ0v) is 10.3. The highest BCUT2D eigenvalue weighted by atomic mass is 32.2. The van der Waals surface area contributed by atoms with Gasteiger partial charge in [0, 0.05) is 0 Å². The van der Waals surface area contributed by atoms with Gasteiger partial charge in [0.05, 0.1) is 17.0 Å². The van der Waals surface area contributed by atoms with E-state index in [2.05, 4.69) is 5.32 Å². The average molecular weight is 269 g/mol. The Bertz CT molecular complexity index is 635. The number of sulfone groups is 1. The second-order valence-electron chi connectivity index (χ2n) is 4.12. The predicted molar refractivity (Wildman–Crippen MR) is 63.0 cm³/mol. The van der Waals surface area contributed by atoms with E-state index in [-0.39, 0.29) is 10.6 Å². The summed E-state index contributed by atoms with van der Waals surface area (Å²) in [4.78, 5) is 22.3. The van der Waals surface area contributed by atoms with Crippen molar-refractivity contribution in [1.29, 1.82) is 0 Å². The zero-order valence-electron chi connectivity index (χ0n) is 9.50. The van der Waals surface area contributed by atoms with Gasteiger partial charge in [-0.2, -0.15) is 0 Å². The van der Waals surface area contributed by atoms with Crippen molar-refractivity contribution in [3.63, 3.8) is 0 Å². The number of benzene rings is 1. The minimum absolute atomic E-state index is 0.0287. The summed E-state index contributed by atoms with van der Waals surface area (Å²) in [6.45, 7) is 1.77. The fraction of sp³-hybridized carbons (Fsp3) is 0.273. The SMILES string of the molecule is Cc1ccc2c(c1)NC(=O)C(CC(=O)O)S2(=O)=O. The van der Waals surface area contributed by atoms with E-state index in [4.69, 9.17) is 5.11 Å². The molecule has 0 bridgehead atoms. The maximum absolute atomic E-state index is 12.1. The minimum Gasteiger partial charge on any atom is -0.481 e. The van der Waals surface area contributed by atoms with Crippen LogP contribution in [0, 0.1) is 6.92 Å². The van der Waals surface area contributed by atoms with Crippen LogP contribution in [-0.4, -0.2) is 30.7 Å². The van der Waals surface area contributed by atoms with Crippen molar-refractivity contribution in [1.82, 2.24) is 0 Å². The predicted octanol–water partition coefficient (Wildman–Crippen LogP) is 0.564. The molecule has 1 heterocycles. The van der Waals surface area contributed by atoms with E-state index < -0.39 is 33.4 Å². The molecule has 0 radical (unpaired) electrons. The highest BCUT2D eigenvalue weighted by Gasteiger charge is 2.41. The fourth-order valence-corrected chi connectivity index (χ4v) is 3.54. The summed E-state index contributed by atoms with van der Waals surface area (Å²) in [7, 11) is -3.94. The molecule has 1 aromatic carbocycles. The Labute approximate surface area is 104 Å². The maximum atomic E-state index is 12.1. The number of rotatable bonds is 2. The van der Waals surface area contributed by atoms with E-state index in [1.165, 1.54) is 6.07 Å². The van der Waals surface area contributed by atoms with Gasteiger partial charge in [-0.05, 0) is 24.6 Å². The van der Waals surface area contributed by atoms with Gasteiger partial charge in [-0.15, -0.1) is 0 Å². The van der Waals surface area contributed by atoms with Crippen LogP contribution >= 0.6 is 0 Å². The smallest absolute Gasteiger partial charge is 0.305 e. The molecule has 1 unspecified atom stereocenters. The molecule has 0 aliphatic carbocycles. The molecule has 1 aromatic rings. The molecule has 1 atom stereocenters. The number of hydrogen-bond acceptors (Lipinski definition) is 4. The van der Waals surface area contributed by atoms with Crippen LogP contribution in [-0.2, 0) is 19.4 Å². The number of carbonyl (C=O) groups excluding carboxylic acids is 1. The first-order chi connectivity index (χ1) is 8.32. The van der Waals surface area contributed by atoms with Crippen LogP contribution in [0.3, 0.4) is 0 Å². The molecule has 2 rings (SSSR count). The number of aryl methyl sites for hydroxylation is 1. The molecule has 1 aliphatic heterocycles. The molecule has 0 aromatic heterocycles. The Morgan fingerprint density at radius 2 is 2.11 bits per heavy atom. The number of carboxylic acid groups (broad SMARTS) is 1.